The van der Waals surface area contributed by atoms with Crippen LogP contribution in [0.1, 0.15) is 11.1 Å². The first-order valence-electron chi connectivity index (χ1n) is 13.9. The number of pyridine rings is 3. The molecule has 41 heavy (non-hydrogen) atoms. The van der Waals surface area contributed by atoms with Crippen molar-refractivity contribution < 1.29 is 0 Å². The maximum absolute atomic E-state index is 5.06. The standard InChI is InChI=1S/C36H21N5/c1-2-8-22(9-3-1)40-29-15-14-24-23-10-5-4-7-21(23)19-28(24)32(29)26-12-13-27-33(34(26)40)25-16-18-37-20-31(25)41-30-11-6-17-38-35(30)39-36(27)41/h1-18,20H,19H2. The van der Waals surface area contributed by atoms with Crippen molar-refractivity contribution in [2.45, 2.75) is 6.42 Å². The molecule has 0 N–H and O–H groups in total. The lowest BCUT2D eigenvalue weighted by Crippen LogP contribution is -1.97. The molecule has 9 aromatic rings. The highest BCUT2D eigenvalue weighted by Crippen LogP contribution is 2.47. The lowest BCUT2D eigenvalue weighted by molar-refractivity contribution is 1.18. The van der Waals surface area contributed by atoms with Crippen LogP contribution in [0.5, 0.6) is 0 Å². The van der Waals surface area contributed by atoms with Crippen LogP contribution in [0, 0.1) is 0 Å². The van der Waals surface area contributed by atoms with Crippen molar-refractivity contribution in [2.75, 3.05) is 0 Å². The van der Waals surface area contributed by atoms with Gasteiger partial charge in [-0.3, -0.25) is 9.38 Å². The number of imidazole rings is 1. The summed E-state index contributed by atoms with van der Waals surface area (Å²) in [5.74, 6) is 0. The lowest BCUT2D eigenvalue weighted by atomic mass is 9.98. The average Bonchev–Trinajstić information content (AvgIpc) is 3.71. The Balaban J connectivity index is 1.49. The van der Waals surface area contributed by atoms with Gasteiger partial charge in [0.1, 0.15) is 5.65 Å². The molecular weight excluding hydrogens is 502 g/mol. The molecule has 1 aliphatic carbocycles. The Kier molecular flexibility index (Phi) is 3.92. The lowest BCUT2D eigenvalue weighted by Gasteiger charge is -2.13. The van der Waals surface area contributed by atoms with E-state index in [9.17, 15) is 0 Å². The molecule has 5 nitrogen and oxygen atoms in total. The van der Waals surface area contributed by atoms with Crippen LogP contribution in [0.4, 0.5) is 0 Å². The predicted molar refractivity (Wildman–Crippen MR) is 166 cm³/mol. The Hall–Kier alpha value is -5.55. The molecule has 0 bridgehead atoms. The summed E-state index contributed by atoms with van der Waals surface area (Å²) in [5.41, 5.74) is 12.7. The Morgan fingerprint density at radius 2 is 1.49 bits per heavy atom. The van der Waals surface area contributed by atoms with E-state index in [0.29, 0.717) is 0 Å². The second-order valence-corrected chi connectivity index (χ2v) is 10.9. The van der Waals surface area contributed by atoms with Crippen LogP contribution >= 0.6 is 0 Å². The van der Waals surface area contributed by atoms with E-state index < -0.39 is 0 Å². The van der Waals surface area contributed by atoms with Gasteiger partial charge < -0.3 is 4.57 Å². The average molecular weight is 524 g/mol. The molecule has 0 saturated heterocycles. The summed E-state index contributed by atoms with van der Waals surface area (Å²) in [6.07, 6.45) is 6.60. The number of para-hydroxylation sites is 1. The predicted octanol–water partition coefficient (Wildman–Crippen LogP) is 8.25. The van der Waals surface area contributed by atoms with Crippen molar-refractivity contribution in [3.63, 3.8) is 0 Å². The SMILES string of the molecule is c1ccc(-n2c3ccc4c(c3c3ccc5c(c6ccncc6n6c7cccnc7nc56)c32)Cc2ccccc2-4)cc1. The molecule has 190 valence electrons. The van der Waals surface area contributed by atoms with Crippen LogP contribution in [-0.2, 0) is 6.42 Å². The van der Waals surface area contributed by atoms with E-state index in [2.05, 4.69) is 110 Å². The monoisotopic (exact) mass is 523 g/mol. The third-order valence-corrected chi connectivity index (χ3v) is 8.87. The molecule has 5 aromatic heterocycles. The highest BCUT2D eigenvalue weighted by atomic mass is 15.1. The van der Waals surface area contributed by atoms with Gasteiger partial charge in [-0.1, -0.05) is 54.6 Å². The van der Waals surface area contributed by atoms with Gasteiger partial charge in [0.05, 0.1) is 28.3 Å². The van der Waals surface area contributed by atoms with Crippen LogP contribution in [0.25, 0.3) is 77.1 Å². The van der Waals surface area contributed by atoms with Crippen LogP contribution < -0.4 is 0 Å². The van der Waals surface area contributed by atoms with Crippen molar-refractivity contribution in [1.29, 1.82) is 0 Å². The molecule has 0 spiro atoms. The van der Waals surface area contributed by atoms with Crippen molar-refractivity contribution in [1.82, 2.24) is 23.9 Å². The fourth-order valence-corrected chi connectivity index (χ4v) is 7.25. The second kappa shape index (κ2) is 7.55. The van der Waals surface area contributed by atoms with E-state index in [1.807, 2.05) is 24.7 Å². The number of hydrogen-bond donors (Lipinski definition) is 0. The van der Waals surface area contributed by atoms with Gasteiger partial charge in [0.25, 0.3) is 0 Å². The van der Waals surface area contributed by atoms with E-state index in [4.69, 9.17) is 4.98 Å². The summed E-state index contributed by atoms with van der Waals surface area (Å²) < 4.78 is 4.66. The first-order valence-corrected chi connectivity index (χ1v) is 13.9. The smallest absolute Gasteiger partial charge is 0.178 e. The normalized spacial score (nSPS) is 12.8. The van der Waals surface area contributed by atoms with Gasteiger partial charge in [-0.15, -0.1) is 0 Å². The summed E-state index contributed by atoms with van der Waals surface area (Å²) in [6, 6.07) is 34.9. The van der Waals surface area contributed by atoms with Gasteiger partial charge in [0.15, 0.2) is 5.65 Å². The summed E-state index contributed by atoms with van der Waals surface area (Å²) in [7, 11) is 0. The first-order chi connectivity index (χ1) is 20.4. The van der Waals surface area contributed by atoms with Gasteiger partial charge in [0.2, 0.25) is 0 Å². The third-order valence-electron chi connectivity index (χ3n) is 8.87. The second-order valence-electron chi connectivity index (χ2n) is 10.9. The summed E-state index contributed by atoms with van der Waals surface area (Å²) in [4.78, 5) is 14.2. The molecule has 0 amide bonds. The van der Waals surface area contributed by atoms with Crippen LogP contribution in [0.15, 0.2) is 116 Å². The van der Waals surface area contributed by atoms with Crippen LogP contribution in [0.3, 0.4) is 0 Å². The number of nitrogens with zero attached hydrogens (tertiary/aromatic N) is 5. The number of fused-ring (bicyclic) bond motifs is 16. The highest BCUT2D eigenvalue weighted by Gasteiger charge is 2.26. The van der Waals surface area contributed by atoms with Gasteiger partial charge >= 0.3 is 0 Å². The van der Waals surface area contributed by atoms with Gasteiger partial charge in [-0.25, -0.2) is 9.97 Å². The maximum Gasteiger partial charge on any atom is 0.178 e. The highest BCUT2D eigenvalue weighted by molar-refractivity contribution is 6.28. The molecular formula is C36H21N5. The Morgan fingerprint density at radius 1 is 0.610 bits per heavy atom. The Morgan fingerprint density at radius 3 is 2.44 bits per heavy atom. The molecule has 0 fully saturated rings. The number of benzene rings is 4. The Labute approximate surface area is 234 Å². The van der Waals surface area contributed by atoms with Crippen molar-refractivity contribution >= 4 is 60.3 Å². The zero-order valence-electron chi connectivity index (χ0n) is 21.9. The van der Waals surface area contributed by atoms with Gasteiger partial charge in [-0.2, -0.15) is 0 Å². The molecule has 0 aliphatic heterocycles. The molecule has 0 radical (unpaired) electrons. The molecule has 10 rings (SSSR count). The van der Waals surface area contributed by atoms with Gasteiger partial charge in [0, 0.05) is 45.0 Å². The third kappa shape index (κ3) is 2.63. The molecule has 0 saturated carbocycles. The van der Waals surface area contributed by atoms with E-state index >= 15 is 0 Å². The minimum absolute atomic E-state index is 0.740. The maximum atomic E-state index is 5.06. The first kappa shape index (κ1) is 21.3. The molecule has 0 unspecified atom stereocenters. The van der Waals surface area contributed by atoms with Crippen LogP contribution in [0.2, 0.25) is 0 Å². The minimum atomic E-state index is 0.740. The van der Waals surface area contributed by atoms with Gasteiger partial charge in [-0.05, 0) is 71.1 Å². The van der Waals surface area contributed by atoms with Crippen molar-refractivity contribution in [2.24, 2.45) is 0 Å². The van der Waals surface area contributed by atoms with Crippen molar-refractivity contribution in [3.8, 4) is 16.8 Å². The number of aromatic nitrogens is 5. The zero-order valence-corrected chi connectivity index (χ0v) is 21.9. The minimum Gasteiger partial charge on any atom is -0.309 e. The number of rotatable bonds is 1. The molecule has 1 aliphatic rings. The zero-order chi connectivity index (χ0) is 26.7. The van der Waals surface area contributed by atoms with E-state index in [-0.39, 0.29) is 0 Å². The summed E-state index contributed by atoms with van der Waals surface area (Å²) >= 11 is 0. The van der Waals surface area contributed by atoms with E-state index in [1.54, 1.807) is 0 Å². The Bertz CT molecular complexity index is 2550. The quantitative estimate of drug-likeness (QED) is 0.204. The van der Waals surface area contributed by atoms with Crippen molar-refractivity contribution in [3.05, 3.63) is 127 Å². The summed E-state index contributed by atoms with van der Waals surface area (Å²) in [5, 5.41) is 6.03. The van der Waals surface area contributed by atoms with E-state index in [1.165, 1.54) is 49.4 Å². The fraction of sp³-hybridized carbons (Fsp3) is 0.0278. The largest absolute Gasteiger partial charge is 0.309 e. The topological polar surface area (TPSA) is 48.0 Å². The fourth-order valence-electron chi connectivity index (χ4n) is 7.25. The molecule has 5 heterocycles. The molecule has 0 atom stereocenters. The number of hydrogen-bond acceptors (Lipinski definition) is 3. The summed E-state index contributed by atoms with van der Waals surface area (Å²) in [6.45, 7) is 0. The molecule has 4 aromatic carbocycles. The van der Waals surface area contributed by atoms with E-state index in [0.717, 1.165) is 45.2 Å². The molecule has 5 heteroatoms. The van der Waals surface area contributed by atoms with Crippen LogP contribution in [-0.4, -0.2) is 23.9 Å².